The third-order valence-electron chi connectivity index (χ3n) is 2.52. The number of rotatable bonds is 6. The lowest BCUT2D eigenvalue weighted by molar-refractivity contribution is 0.216. The fourth-order valence-corrected chi connectivity index (χ4v) is 2.80. The molecule has 0 saturated carbocycles. The molecular formula is C14H16ClNO2S. The number of thiophene rings is 1. The molecule has 0 radical (unpaired) electrons. The summed E-state index contributed by atoms with van der Waals surface area (Å²) >= 11 is 7.42. The maximum absolute atomic E-state index is 5.93. The van der Waals surface area contributed by atoms with Gasteiger partial charge in [0, 0.05) is 17.5 Å². The van der Waals surface area contributed by atoms with Crippen molar-refractivity contribution in [1.82, 2.24) is 0 Å². The molecule has 102 valence electrons. The Hall–Kier alpha value is -1.23. The van der Waals surface area contributed by atoms with Gasteiger partial charge in [0.25, 0.3) is 0 Å². The number of halogens is 1. The van der Waals surface area contributed by atoms with Gasteiger partial charge < -0.3 is 15.2 Å². The summed E-state index contributed by atoms with van der Waals surface area (Å²) in [5.74, 6) is 1.53. The summed E-state index contributed by atoms with van der Waals surface area (Å²) in [5.41, 5.74) is 5.77. The first kappa shape index (κ1) is 14.2. The quantitative estimate of drug-likeness (QED) is 0.880. The fourth-order valence-electron chi connectivity index (χ4n) is 1.69. The SMILES string of the molecule is CCOc1cccc(OC(CN)c2ccc(Cl)s2)c1. The Morgan fingerprint density at radius 1 is 1.26 bits per heavy atom. The summed E-state index contributed by atoms with van der Waals surface area (Å²) in [6.07, 6.45) is -0.186. The standard InChI is InChI=1S/C14H16ClNO2S/c1-2-17-10-4-3-5-11(8-10)18-12(9-16)13-6-7-14(15)19-13/h3-8,12H,2,9,16H2,1H3. The lowest BCUT2D eigenvalue weighted by atomic mass is 10.2. The smallest absolute Gasteiger partial charge is 0.145 e. The van der Waals surface area contributed by atoms with E-state index < -0.39 is 0 Å². The van der Waals surface area contributed by atoms with Gasteiger partial charge in [-0.05, 0) is 31.2 Å². The number of hydrogen-bond acceptors (Lipinski definition) is 4. The van der Waals surface area contributed by atoms with Crippen LogP contribution in [0.3, 0.4) is 0 Å². The van der Waals surface area contributed by atoms with E-state index in [2.05, 4.69) is 0 Å². The zero-order valence-corrected chi connectivity index (χ0v) is 12.2. The van der Waals surface area contributed by atoms with E-state index in [1.54, 1.807) is 0 Å². The average molecular weight is 298 g/mol. The van der Waals surface area contributed by atoms with E-state index in [1.807, 2.05) is 43.3 Å². The normalized spacial score (nSPS) is 12.2. The molecule has 2 N–H and O–H groups in total. The first-order valence-corrected chi connectivity index (χ1v) is 7.27. The minimum Gasteiger partial charge on any atom is -0.494 e. The molecule has 0 saturated heterocycles. The van der Waals surface area contributed by atoms with Crippen molar-refractivity contribution < 1.29 is 9.47 Å². The Bertz CT molecular complexity index is 530. The number of benzene rings is 1. The molecule has 2 aromatic rings. The molecule has 2 rings (SSSR count). The molecule has 0 amide bonds. The Balaban J connectivity index is 2.11. The average Bonchev–Trinajstić information content (AvgIpc) is 2.83. The molecule has 5 heteroatoms. The molecule has 0 aliphatic heterocycles. The van der Waals surface area contributed by atoms with Crippen molar-refractivity contribution in [2.75, 3.05) is 13.2 Å². The summed E-state index contributed by atoms with van der Waals surface area (Å²) < 4.78 is 12.1. The van der Waals surface area contributed by atoms with Gasteiger partial charge in [0.15, 0.2) is 0 Å². The van der Waals surface area contributed by atoms with Crippen LogP contribution < -0.4 is 15.2 Å². The summed E-state index contributed by atoms with van der Waals surface area (Å²) in [5, 5.41) is 0. The summed E-state index contributed by atoms with van der Waals surface area (Å²) in [6.45, 7) is 2.98. The van der Waals surface area contributed by atoms with Gasteiger partial charge in [0.1, 0.15) is 17.6 Å². The van der Waals surface area contributed by atoms with Crippen molar-refractivity contribution in [1.29, 1.82) is 0 Å². The highest BCUT2D eigenvalue weighted by atomic mass is 35.5. The molecule has 1 heterocycles. The van der Waals surface area contributed by atoms with Crippen LogP contribution >= 0.6 is 22.9 Å². The topological polar surface area (TPSA) is 44.5 Å². The van der Waals surface area contributed by atoms with E-state index in [-0.39, 0.29) is 6.10 Å². The Kier molecular flexibility index (Phi) is 5.07. The second-order valence-electron chi connectivity index (χ2n) is 3.89. The second-order valence-corrected chi connectivity index (χ2v) is 5.64. The highest BCUT2D eigenvalue weighted by molar-refractivity contribution is 7.16. The van der Waals surface area contributed by atoms with Crippen LogP contribution in [0.4, 0.5) is 0 Å². The van der Waals surface area contributed by atoms with Crippen LogP contribution in [0.5, 0.6) is 11.5 Å². The second kappa shape index (κ2) is 6.80. The van der Waals surface area contributed by atoms with Crippen LogP contribution in [-0.2, 0) is 0 Å². The Morgan fingerprint density at radius 2 is 2.05 bits per heavy atom. The third-order valence-corrected chi connectivity index (χ3v) is 3.84. The van der Waals surface area contributed by atoms with E-state index in [9.17, 15) is 0 Å². The lowest BCUT2D eigenvalue weighted by Crippen LogP contribution is -2.17. The van der Waals surface area contributed by atoms with Crippen LogP contribution in [0.25, 0.3) is 0 Å². The minimum atomic E-state index is -0.186. The number of nitrogens with two attached hydrogens (primary N) is 1. The highest BCUT2D eigenvalue weighted by Crippen LogP contribution is 2.30. The molecule has 1 aromatic carbocycles. The van der Waals surface area contributed by atoms with Gasteiger partial charge in [-0.15, -0.1) is 11.3 Å². The van der Waals surface area contributed by atoms with Crippen molar-refractivity contribution in [2.24, 2.45) is 5.73 Å². The van der Waals surface area contributed by atoms with Crippen molar-refractivity contribution in [3.63, 3.8) is 0 Å². The maximum Gasteiger partial charge on any atom is 0.145 e. The summed E-state index contributed by atoms with van der Waals surface area (Å²) in [6, 6.07) is 11.3. The van der Waals surface area contributed by atoms with Gasteiger partial charge in [0.2, 0.25) is 0 Å². The zero-order valence-electron chi connectivity index (χ0n) is 10.6. The van der Waals surface area contributed by atoms with E-state index in [4.69, 9.17) is 26.8 Å². The predicted molar refractivity (Wildman–Crippen MR) is 79.4 cm³/mol. The van der Waals surface area contributed by atoms with Crippen LogP contribution in [0.2, 0.25) is 4.34 Å². The lowest BCUT2D eigenvalue weighted by Gasteiger charge is -2.16. The van der Waals surface area contributed by atoms with Gasteiger partial charge in [-0.1, -0.05) is 17.7 Å². The molecule has 1 unspecified atom stereocenters. The van der Waals surface area contributed by atoms with E-state index in [0.717, 1.165) is 20.7 Å². The first-order valence-electron chi connectivity index (χ1n) is 6.07. The minimum absolute atomic E-state index is 0.186. The van der Waals surface area contributed by atoms with Gasteiger partial charge in [-0.3, -0.25) is 0 Å². The van der Waals surface area contributed by atoms with Crippen molar-refractivity contribution >= 4 is 22.9 Å². The van der Waals surface area contributed by atoms with Crippen LogP contribution in [0, 0.1) is 0 Å². The molecule has 1 aromatic heterocycles. The van der Waals surface area contributed by atoms with E-state index in [0.29, 0.717) is 13.2 Å². The van der Waals surface area contributed by atoms with Gasteiger partial charge in [-0.2, -0.15) is 0 Å². The molecule has 0 aliphatic carbocycles. The van der Waals surface area contributed by atoms with Crippen molar-refractivity contribution in [3.05, 3.63) is 45.6 Å². The highest BCUT2D eigenvalue weighted by Gasteiger charge is 2.14. The fraction of sp³-hybridized carbons (Fsp3) is 0.286. The molecule has 1 atom stereocenters. The molecular weight excluding hydrogens is 282 g/mol. The molecule has 0 spiro atoms. The number of hydrogen-bond donors (Lipinski definition) is 1. The Labute approximate surface area is 121 Å². The first-order chi connectivity index (χ1) is 9.22. The van der Waals surface area contributed by atoms with Crippen molar-refractivity contribution in [2.45, 2.75) is 13.0 Å². The molecule has 0 aliphatic rings. The number of ether oxygens (including phenoxy) is 2. The van der Waals surface area contributed by atoms with Crippen LogP contribution in [-0.4, -0.2) is 13.2 Å². The molecule has 0 bridgehead atoms. The maximum atomic E-state index is 5.93. The van der Waals surface area contributed by atoms with E-state index >= 15 is 0 Å². The summed E-state index contributed by atoms with van der Waals surface area (Å²) in [7, 11) is 0. The van der Waals surface area contributed by atoms with E-state index in [1.165, 1.54) is 11.3 Å². The molecule has 19 heavy (non-hydrogen) atoms. The van der Waals surface area contributed by atoms with Crippen molar-refractivity contribution in [3.8, 4) is 11.5 Å². The van der Waals surface area contributed by atoms with Crippen LogP contribution in [0.15, 0.2) is 36.4 Å². The van der Waals surface area contributed by atoms with Gasteiger partial charge in [0.05, 0.1) is 10.9 Å². The zero-order chi connectivity index (χ0) is 13.7. The Morgan fingerprint density at radius 3 is 2.68 bits per heavy atom. The van der Waals surface area contributed by atoms with Crippen LogP contribution in [0.1, 0.15) is 17.9 Å². The predicted octanol–water partition coefficient (Wildman–Crippen LogP) is 3.88. The largest absolute Gasteiger partial charge is 0.494 e. The monoisotopic (exact) mass is 297 g/mol. The summed E-state index contributed by atoms with van der Waals surface area (Å²) in [4.78, 5) is 1.02. The van der Waals surface area contributed by atoms with Gasteiger partial charge in [-0.25, -0.2) is 0 Å². The molecule has 3 nitrogen and oxygen atoms in total. The molecule has 0 fully saturated rings. The third kappa shape index (κ3) is 3.86. The van der Waals surface area contributed by atoms with Gasteiger partial charge >= 0.3 is 0 Å².